The third-order valence-electron chi connectivity index (χ3n) is 3.92. The van der Waals surface area contributed by atoms with Gasteiger partial charge >= 0.3 is 0 Å². The average molecular weight is 264 g/mol. The lowest BCUT2D eigenvalue weighted by Gasteiger charge is -2.29. The Morgan fingerprint density at radius 1 is 1.53 bits per heavy atom. The van der Waals surface area contributed by atoms with E-state index in [0.717, 1.165) is 32.3 Å². The van der Waals surface area contributed by atoms with Crippen molar-refractivity contribution < 1.29 is 9.18 Å². The van der Waals surface area contributed by atoms with E-state index in [1.165, 1.54) is 12.5 Å². The molecule has 0 bridgehead atoms. The molecule has 0 saturated carbocycles. The number of hydrogen-bond donors (Lipinski definition) is 0. The minimum atomic E-state index is -0.326. The van der Waals surface area contributed by atoms with Crippen LogP contribution in [0.1, 0.15) is 30.1 Å². The Labute approximate surface area is 114 Å². The molecule has 2 rings (SSSR count). The van der Waals surface area contributed by atoms with Gasteiger partial charge in [-0.05, 0) is 38.1 Å². The molecule has 4 heteroatoms. The zero-order chi connectivity index (χ0) is 13.8. The number of aldehydes is 1. The summed E-state index contributed by atoms with van der Waals surface area (Å²) in [6.07, 6.45) is 3.06. The van der Waals surface area contributed by atoms with Gasteiger partial charge in [-0.25, -0.2) is 4.39 Å². The second-order valence-corrected chi connectivity index (χ2v) is 5.10. The standard InChI is InChI=1S/C15H21FN2O/c1-3-18-9-5-7-13(18)10-17(2)15-12(11-19)6-4-8-14(15)16/h4,6,8,11,13H,3,5,7,9-10H2,1-2H3. The van der Waals surface area contributed by atoms with Gasteiger partial charge in [0.25, 0.3) is 0 Å². The van der Waals surface area contributed by atoms with E-state index < -0.39 is 0 Å². The number of likely N-dealkylation sites (tertiary alicyclic amines) is 1. The number of halogens is 1. The quantitative estimate of drug-likeness (QED) is 0.764. The highest BCUT2D eigenvalue weighted by molar-refractivity contribution is 5.84. The fourth-order valence-corrected chi connectivity index (χ4v) is 2.96. The highest BCUT2D eigenvalue weighted by Crippen LogP contribution is 2.25. The van der Waals surface area contributed by atoms with Gasteiger partial charge in [0.05, 0.1) is 5.69 Å². The minimum Gasteiger partial charge on any atom is -0.370 e. The van der Waals surface area contributed by atoms with Gasteiger partial charge in [-0.3, -0.25) is 9.69 Å². The molecule has 0 radical (unpaired) electrons. The highest BCUT2D eigenvalue weighted by atomic mass is 19.1. The fourth-order valence-electron chi connectivity index (χ4n) is 2.96. The van der Waals surface area contributed by atoms with Crippen molar-refractivity contribution in [1.82, 2.24) is 4.90 Å². The number of nitrogens with zero attached hydrogens (tertiary/aromatic N) is 2. The maximum absolute atomic E-state index is 13.9. The summed E-state index contributed by atoms with van der Waals surface area (Å²) < 4.78 is 13.9. The summed E-state index contributed by atoms with van der Waals surface area (Å²) in [5, 5.41) is 0. The largest absolute Gasteiger partial charge is 0.370 e. The summed E-state index contributed by atoms with van der Waals surface area (Å²) in [5.74, 6) is -0.326. The normalized spacial score (nSPS) is 19.6. The van der Waals surface area contributed by atoms with Gasteiger partial charge in [-0.2, -0.15) is 0 Å². The fraction of sp³-hybridized carbons (Fsp3) is 0.533. The van der Waals surface area contributed by atoms with E-state index in [1.54, 1.807) is 12.1 Å². The van der Waals surface area contributed by atoms with Crippen LogP contribution < -0.4 is 4.90 Å². The number of rotatable bonds is 5. The van der Waals surface area contributed by atoms with Crippen LogP contribution in [-0.4, -0.2) is 43.9 Å². The van der Waals surface area contributed by atoms with Gasteiger partial charge < -0.3 is 4.90 Å². The van der Waals surface area contributed by atoms with Crippen LogP contribution in [-0.2, 0) is 0 Å². The Hall–Kier alpha value is -1.42. The molecule has 0 aliphatic carbocycles. The number of para-hydroxylation sites is 1. The van der Waals surface area contributed by atoms with Crippen LogP contribution >= 0.6 is 0 Å². The summed E-state index contributed by atoms with van der Waals surface area (Å²) in [6.45, 7) is 5.05. The Morgan fingerprint density at radius 3 is 3.00 bits per heavy atom. The van der Waals surface area contributed by atoms with Crippen molar-refractivity contribution in [3.8, 4) is 0 Å². The van der Waals surface area contributed by atoms with Crippen LogP contribution in [0.5, 0.6) is 0 Å². The lowest BCUT2D eigenvalue weighted by molar-refractivity contribution is 0.112. The molecule has 1 aliphatic rings. The summed E-state index contributed by atoms with van der Waals surface area (Å²) >= 11 is 0. The molecule has 19 heavy (non-hydrogen) atoms. The average Bonchev–Trinajstić information content (AvgIpc) is 2.85. The van der Waals surface area contributed by atoms with E-state index in [4.69, 9.17) is 0 Å². The van der Waals surface area contributed by atoms with E-state index in [-0.39, 0.29) is 5.82 Å². The first-order valence-electron chi connectivity index (χ1n) is 6.86. The SMILES string of the molecule is CCN1CCCC1CN(C)c1c(F)cccc1C=O. The van der Waals surface area contributed by atoms with Crippen LogP contribution in [0.15, 0.2) is 18.2 Å². The Bertz CT molecular complexity index is 450. The predicted octanol–water partition coefficient (Wildman–Crippen LogP) is 2.56. The maximum Gasteiger partial charge on any atom is 0.152 e. The monoisotopic (exact) mass is 264 g/mol. The molecule has 0 aromatic heterocycles. The van der Waals surface area contributed by atoms with E-state index in [0.29, 0.717) is 17.3 Å². The minimum absolute atomic E-state index is 0.326. The van der Waals surface area contributed by atoms with Crippen LogP contribution in [0, 0.1) is 5.82 Å². The molecule has 1 aromatic rings. The van der Waals surface area contributed by atoms with Crippen LogP contribution in [0.25, 0.3) is 0 Å². The molecule has 0 spiro atoms. The van der Waals surface area contributed by atoms with Crippen molar-refractivity contribution in [1.29, 1.82) is 0 Å². The summed E-state index contributed by atoms with van der Waals surface area (Å²) in [7, 11) is 1.86. The maximum atomic E-state index is 13.9. The van der Waals surface area contributed by atoms with Crippen LogP contribution in [0.4, 0.5) is 10.1 Å². The van der Waals surface area contributed by atoms with Gasteiger partial charge in [-0.1, -0.05) is 13.0 Å². The van der Waals surface area contributed by atoms with Crippen LogP contribution in [0.3, 0.4) is 0 Å². The summed E-state index contributed by atoms with van der Waals surface area (Å²) in [4.78, 5) is 15.3. The third kappa shape index (κ3) is 2.95. The number of benzene rings is 1. The number of carbonyl (C=O) groups is 1. The summed E-state index contributed by atoms with van der Waals surface area (Å²) in [5.41, 5.74) is 0.837. The van der Waals surface area contributed by atoms with E-state index in [9.17, 15) is 9.18 Å². The van der Waals surface area contributed by atoms with Crippen molar-refractivity contribution in [3.63, 3.8) is 0 Å². The van der Waals surface area contributed by atoms with Gasteiger partial charge in [-0.15, -0.1) is 0 Å². The number of carbonyl (C=O) groups excluding carboxylic acids is 1. The first kappa shape index (κ1) is 14.0. The molecule has 1 unspecified atom stereocenters. The zero-order valence-electron chi connectivity index (χ0n) is 11.6. The van der Waals surface area contributed by atoms with E-state index in [2.05, 4.69) is 11.8 Å². The second kappa shape index (κ2) is 6.15. The van der Waals surface area contributed by atoms with Gasteiger partial charge in [0.15, 0.2) is 6.29 Å². The van der Waals surface area contributed by atoms with Crippen LogP contribution in [0.2, 0.25) is 0 Å². The first-order valence-corrected chi connectivity index (χ1v) is 6.86. The molecular weight excluding hydrogens is 243 g/mol. The van der Waals surface area contributed by atoms with Crippen molar-refractivity contribution in [2.24, 2.45) is 0 Å². The lowest BCUT2D eigenvalue weighted by Crippen LogP contribution is -2.39. The molecule has 1 fully saturated rings. The van der Waals surface area contributed by atoms with E-state index >= 15 is 0 Å². The molecular formula is C15H21FN2O. The predicted molar refractivity (Wildman–Crippen MR) is 75.3 cm³/mol. The second-order valence-electron chi connectivity index (χ2n) is 5.10. The molecule has 1 aliphatic heterocycles. The van der Waals surface area contributed by atoms with Gasteiger partial charge in [0.1, 0.15) is 5.82 Å². The van der Waals surface area contributed by atoms with Crippen molar-refractivity contribution in [2.75, 3.05) is 31.6 Å². The number of likely N-dealkylation sites (N-methyl/N-ethyl adjacent to an activating group) is 2. The first-order chi connectivity index (χ1) is 9.17. The third-order valence-corrected chi connectivity index (χ3v) is 3.92. The van der Waals surface area contributed by atoms with Crippen molar-refractivity contribution in [2.45, 2.75) is 25.8 Å². The molecule has 1 aromatic carbocycles. The molecule has 0 amide bonds. The molecule has 1 atom stereocenters. The molecule has 3 nitrogen and oxygen atoms in total. The Morgan fingerprint density at radius 2 is 2.32 bits per heavy atom. The Balaban J connectivity index is 2.15. The highest BCUT2D eigenvalue weighted by Gasteiger charge is 2.25. The Kier molecular flexibility index (Phi) is 4.53. The molecule has 0 N–H and O–H groups in total. The summed E-state index contributed by atoms with van der Waals surface area (Å²) in [6, 6.07) is 5.10. The number of hydrogen-bond acceptors (Lipinski definition) is 3. The van der Waals surface area contributed by atoms with Crippen molar-refractivity contribution in [3.05, 3.63) is 29.6 Å². The lowest BCUT2D eigenvalue weighted by atomic mass is 10.1. The smallest absolute Gasteiger partial charge is 0.152 e. The van der Waals surface area contributed by atoms with Gasteiger partial charge in [0.2, 0.25) is 0 Å². The molecule has 104 valence electrons. The topological polar surface area (TPSA) is 23.6 Å². The molecule has 1 saturated heterocycles. The van der Waals surface area contributed by atoms with E-state index in [1.807, 2.05) is 11.9 Å². The molecule has 1 heterocycles. The van der Waals surface area contributed by atoms with Crippen molar-refractivity contribution >= 4 is 12.0 Å². The zero-order valence-corrected chi connectivity index (χ0v) is 11.6. The van der Waals surface area contributed by atoms with Gasteiger partial charge in [0, 0.05) is 25.2 Å². The number of anilines is 1.